The van der Waals surface area contributed by atoms with E-state index in [1.165, 1.54) is 19.1 Å². The van der Waals surface area contributed by atoms with E-state index in [4.69, 9.17) is 14.4 Å². The van der Waals surface area contributed by atoms with Crippen molar-refractivity contribution in [2.24, 2.45) is 0 Å². The average molecular weight is 410 g/mol. The third-order valence-electron chi connectivity index (χ3n) is 4.57. The van der Waals surface area contributed by atoms with E-state index in [1.807, 2.05) is 6.07 Å². The van der Waals surface area contributed by atoms with Crippen molar-refractivity contribution in [2.45, 2.75) is 26.2 Å². The molecule has 2 amide bonds. The zero-order valence-electron chi connectivity index (χ0n) is 16.6. The van der Waals surface area contributed by atoms with Crippen LogP contribution in [0.3, 0.4) is 0 Å². The second-order valence-electron chi connectivity index (χ2n) is 6.84. The molecule has 2 N–H and O–H groups in total. The monoisotopic (exact) mass is 410 g/mol. The van der Waals surface area contributed by atoms with Crippen LogP contribution in [0, 0.1) is 11.3 Å². The van der Waals surface area contributed by atoms with Crippen LogP contribution in [0.2, 0.25) is 0 Å². The van der Waals surface area contributed by atoms with Crippen molar-refractivity contribution in [1.82, 2.24) is 0 Å². The van der Waals surface area contributed by atoms with Crippen LogP contribution in [0.4, 0.5) is 17.1 Å². The number of furan rings is 1. The number of carbonyl (C=O) groups is 3. The minimum Gasteiger partial charge on any atom is -0.456 e. The fourth-order valence-electron chi connectivity index (χ4n) is 3.18. The predicted molar refractivity (Wildman–Crippen MR) is 109 cm³/mol. The van der Waals surface area contributed by atoms with Crippen LogP contribution in [0.5, 0.6) is 0 Å². The Kier molecular flexibility index (Phi) is 6.70. The van der Waals surface area contributed by atoms with Crippen molar-refractivity contribution in [1.29, 1.82) is 5.26 Å². The molecule has 3 rings (SSSR count). The van der Waals surface area contributed by atoms with E-state index in [1.54, 1.807) is 18.2 Å². The summed E-state index contributed by atoms with van der Waals surface area (Å²) in [6.07, 6.45) is 3.20. The lowest BCUT2D eigenvalue weighted by Crippen LogP contribution is -2.30. The number of ether oxygens (including phenoxy) is 1. The van der Waals surface area contributed by atoms with Crippen LogP contribution in [0.1, 0.15) is 42.5 Å². The first-order valence-corrected chi connectivity index (χ1v) is 9.60. The van der Waals surface area contributed by atoms with Crippen LogP contribution in [0.15, 0.2) is 34.7 Å². The van der Waals surface area contributed by atoms with E-state index in [2.05, 4.69) is 15.5 Å². The van der Waals surface area contributed by atoms with E-state index in [0.717, 1.165) is 38.0 Å². The largest absolute Gasteiger partial charge is 0.456 e. The highest BCUT2D eigenvalue weighted by molar-refractivity contribution is 6.05. The quantitative estimate of drug-likeness (QED) is 0.702. The Morgan fingerprint density at radius 1 is 1.13 bits per heavy atom. The van der Waals surface area contributed by atoms with Gasteiger partial charge in [-0.15, -0.1) is 0 Å². The molecule has 0 atom stereocenters. The maximum absolute atomic E-state index is 12.5. The van der Waals surface area contributed by atoms with Crippen molar-refractivity contribution in [2.75, 3.05) is 35.2 Å². The molecule has 9 heteroatoms. The summed E-state index contributed by atoms with van der Waals surface area (Å²) in [5.74, 6) is -1.36. The number of hydrogen-bond donors (Lipinski definition) is 2. The zero-order valence-corrected chi connectivity index (χ0v) is 16.6. The standard InChI is InChI=1S/C21H22N4O5/c1-14(26)29-13-20(27)23-15-5-7-17(18(11-15)25-9-3-2-4-10-25)24-21(28)19-8-6-16(12-22)30-19/h5-8,11H,2-4,9-10,13H2,1H3,(H,23,27)(H,24,28). The SMILES string of the molecule is CC(=O)OCC(=O)Nc1ccc(NC(=O)c2ccc(C#N)o2)c(N2CCCCC2)c1. The van der Waals surface area contributed by atoms with Crippen LogP contribution >= 0.6 is 0 Å². The third-order valence-corrected chi connectivity index (χ3v) is 4.57. The number of esters is 1. The molecule has 0 radical (unpaired) electrons. The van der Waals surface area contributed by atoms with Gasteiger partial charge in [-0.1, -0.05) is 0 Å². The van der Waals surface area contributed by atoms with Crippen LogP contribution in [0.25, 0.3) is 0 Å². The summed E-state index contributed by atoms with van der Waals surface area (Å²) < 4.78 is 9.90. The molecule has 0 unspecified atom stereocenters. The van der Waals surface area contributed by atoms with Crippen LogP contribution < -0.4 is 15.5 Å². The molecule has 30 heavy (non-hydrogen) atoms. The van der Waals surface area contributed by atoms with Crippen molar-refractivity contribution in [3.05, 3.63) is 41.9 Å². The molecule has 2 aromatic rings. The molecule has 2 heterocycles. The van der Waals surface area contributed by atoms with Gasteiger partial charge in [-0.3, -0.25) is 14.4 Å². The summed E-state index contributed by atoms with van der Waals surface area (Å²) >= 11 is 0. The Morgan fingerprint density at radius 3 is 2.57 bits per heavy atom. The summed E-state index contributed by atoms with van der Waals surface area (Å²) in [7, 11) is 0. The van der Waals surface area contributed by atoms with E-state index in [9.17, 15) is 14.4 Å². The molecule has 0 aliphatic carbocycles. The molecule has 1 aliphatic rings. The van der Waals surface area contributed by atoms with Gasteiger partial charge in [-0.2, -0.15) is 5.26 Å². The number of amides is 2. The number of nitrogens with one attached hydrogen (secondary N) is 2. The Balaban J connectivity index is 1.80. The number of nitriles is 1. The Hall–Kier alpha value is -3.80. The van der Waals surface area contributed by atoms with E-state index in [0.29, 0.717) is 11.4 Å². The molecule has 156 valence electrons. The second kappa shape index (κ2) is 9.60. The number of hydrogen-bond acceptors (Lipinski definition) is 7. The van der Waals surface area contributed by atoms with Crippen LogP contribution in [-0.2, 0) is 14.3 Å². The minimum absolute atomic E-state index is 0.0369. The van der Waals surface area contributed by atoms with Crippen LogP contribution in [-0.4, -0.2) is 37.5 Å². The highest BCUT2D eigenvalue weighted by atomic mass is 16.5. The topological polar surface area (TPSA) is 125 Å². The first-order valence-electron chi connectivity index (χ1n) is 9.60. The second-order valence-corrected chi connectivity index (χ2v) is 6.84. The molecule has 0 spiro atoms. The fraction of sp³-hybridized carbons (Fsp3) is 0.333. The smallest absolute Gasteiger partial charge is 0.303 e. The normalized spacial score (nSPS) is 13.3. The molecule has 0 saturated carbocycles. The fourth-order valence-corrected chi connectivity index (χ4v) is 3.18. The predicted octanol–water partition coefficient (Wildman–Crippen LogP) is 2.90. The zero-order chi connectivity index (χ0) is 21.5. The number of anilines is 3. The lowest BCUT2D eigenvalue weighted by molar-refractivity contribution is -0.144. The molecule has 1 aromatic carbocycles. The Bertz CT molecular complexity index is 986. The number of rotatable bonds is 6. The maximum Gasteiger partial charge on any atom is 0.303 e. The van der Waals surface area contributed by atoms with Gasteiger partial charge in [0, 0.05) is 25.7 Å². The Labute approximate surface area is 173 Å². The summed E-state index contributed by atoms with van der Waals surface area (Å²) in [5, 5.41) is 14.4. The number of carbonyl (C=O) groups excluding carboxylic acids is 3. The first-order chi connectivity index (χ1) is 14.5. The minimum atomic E-state index is -0.533. The van der Waals surface area contributed by atoms with Crippen molar-refractivity contribution in [3.8, 4) is 6.07 Å². The van der Waals surface area contributed by atoms with Gasteiger partial charge in [0.05, 0.1) is 11.4 Å². The van der Waals surface area contributed by atoms with Crippen molar-refractivity contribution < 1.29 is 23.5 Å². The summed E-state index contributed by atoms with van der Waals surface area (Å²) in [5.41, 5.74) is 1.85. The van der Waals surface area contributed by atoms with E-state index >= 15 is 0 Å². The molecular weight excluding hydrogens is 388 g/mol. The average Bonchev–Trinajstić information content (AvgIpc) is 3.23. The summed E-state index contributed by atoms with van der Waals surface area (Å²) in [4.78, 5) is 37.5. The third kappa shape index (κ3) is 5.38. The van der Waals surface area contributed by atoms with Gasteiger partial charge in [0.15, 0.2) is 12.4 Å². The summed E-state index contributed by atoms with van der Waals surface area (Å²) in [6.45, 7) is 2.52. The molecule has 1 saturated heterocycles. The molecule has 1 fully saturated rings. The molecule has 1 aromatic heterocycles. The van der Waals surface area contributed by atoms with E-state index < -0.39 is 17.8 Å². The van der Waals surface area contributed by atoms with Gasteiger partial charge in [0.2, 0.25) is 5.76 Å². The van der Waals surface area contributed by atoms with Gasteiger partial charge in [0.1, 0.15) is 6.07 Å². The van der Waals surface area contributed by atoms with Gasteiger partial charge in [-0.05, 0) is 49.6 Å². The highest BCUT2D eigenvalue weighted by Gasteiger charge is 2.19. The lowest BCUT2D eigenvalue weighted by Gasteiger charge is -2.31. The van der Waals surface area contributed by atoms with Gasteiger partial charge in [-0.25, -0.2) is 0 Å². The summed E-state index contributed by atoms with van der Waals surface area (Å²) in [6, 6.07) is 9.84. The molecule has 1 aliphatic heterocycles. The Morgan fingerprint density at radius 2 is 1.90 bits per heavy atom. The first kappa shape index (κ1) is 20.9. The van der Waals surface area contributed by atoms with Crippen molar-refractivity contribution >= 4 is 34.8 Å². The van der Waals surface area contributed by atoms with Gasteiger partial charge < -0.3 is 24.7 Å². The van der Waals surface area contributed by atoms with E-state index in [-0.39, 0.29) is 18.1 Å². The van der Waals surface area contributed by atoms with Crippen molar-refractivity contribution in [3.63, 3.8) is 0 Å². The number of benzene rings is 1. The maximum atomic E-state index is 12.5. The van der Waals surface area contributed by atoms with Gasteiger partial charge >= 0.3 is 5.97 Å². The molecule has 0 bridgehead atoms. The number of nitrogens with zero attached hydrogens (tertiary/aromatic N) is 2. The lowest BCUT2D eigenvalue weighted by atomic mass is 10.1. The molecular formula is C21H22N4O5. The highest BCUT2D eigenvalue weighted by Crippen LogP contribution is 2.32. The van der Waals surface area contributed by atoms with Gasteiger partial charge in [0.25, 0.3) is 11.8 Å². The molecule has 9 nitrogen and oxygen atoms in total. The number of piperidine rings is 1.